The number of rotatable bonds is 1. The van der Waals surface area contributed by atoms with Crippen LogP contribution < -0.4 is 0 Å². The summed E-state index contributed by atoms with van der Waals surface area (Å²) < 4.78 is 92.5. The molecule has 0 saturated carbocycles. The molecule has 0 aromatic heterocycles. The van der Waals surface area contributed by atoms with E-state index in [2.05, 4.69) is 4.74 Å². The molecule has 1 aromatic carbocycles. The molecular formula is C10H5F7O2. The smallest absolute Gasteiger partial charge is 0.417 e. The molecule has 0 N–H and O–H groups in total. The Morgan fingerprint density at radius 2 is 1.58 bits per heavy atom. The van der Waals surface area contributed by atoms with Gasteiger partial charge in [0.1, 0.15) is 11.4 Å². The van der Waals surface area contributed by atoms with Crippen LogP contribution in [0, 0.1) is 5.82 Å². The molecule has 1 rings (SSSR count). The maximum atomic E-state index is 13.2. The molecule has 0 aliphatic rings. The van der Waals surface area contributed by atoms with Crippen LogP contribution in [0.25, 0.3) is 0 Å². The summed E-state index contributed by atoms with van der Waals surface area (Å²) in [6, 6.07) is 0.0505. The van der Waals surface area contributed by atoms with Crippen molar-refractivity contribution in [2.75, 3.05) is 7.11 Å². The standard InChI is InChI=1S/C10H5F7O2/c1-19-8(18)6-5(11)3-2-4(9(12,13)14)7(6)10(15,16)17/h2-3H,1H3. The molecule has 19 heavy (non-hydrogen) atoms. The summed E-state index contributed by atoms with van der Waals surface area (Å²) in [5.74, 6) is -3.58. The van der Waals surface area contributed by atoms with Gasteiger partial charge < -0.3 is 4.74 Å². The largest absolute Gasteiger partial charge is 0.465 e. The van der Waals surface area contributed by atoms with Gasteiger partial charge in [0, 0.05) is 0 Å². The quantitative estimate of drug-likeness (QED) is 0.583. The number of esters is 1. The summed E-state index contributed by atoms with van der Waals surface area (Å²) in [7, 11) is 0.627. The van der Waals surface area contributed by atoms with Crippen LogP contribution in [0.1, 0.15) is 21.5 Å². The molecule has 0 amide bonds. The molecule has 0 atom stereocenters. The Balaban J connectivity index is 3.76. The average molecular weight is 290 g/mol. The van der Waals surface area contributed by atoms with Gasteiger partial charge in [-0.1, -0.05) is 0 Å². The lowest BCUT2D eigenvalue weighted by atomic mass is 9.99. The fraction of sp³-hybridized carbons (Fsp3) is 0.300. The van der Waals surface area contributed by atoms with Gasteiger partial charge in [0.05, 0.1) is 18.2 Å². The number of halogens is 7. The van der Waals surface area contributed by atoms with E-state index in [4.69, 9.17) is 0 Å². The maximum Gasteiger partial charge on any atom is 0.417 e. The van der Waals surface area contributed by atoms with Gasteiger partial charge >= 0.3 is 18.3 Å². The highest BCUT2D eigenvalue weighted by atomic mass is 19.4. The van der Waals surface area contributed by atoms with E-state index in [0.29, 0.717) is 7.11 Å². The molecule has 106 valence electrons. The van der Waals surface area contributed by atoms with Crippen LogP contribution in [-0.2, 0) is 17.1 Å². The third-order valence-electron chi connectivity index (χ3n) is 2.13. The van der Waals surface area contributed by atoms with Gasteiger partial charge in [-0.15, -0.1) is 0 Å². The monoisotopic (exact) mass is 290 g/mol. The van der Waals surface area contributed by atoms with Gasteiger partial charge in [-0.25, -0.2) is 9.18 Å². The molecule has 0 saturated heterocycles. The highest BCUT2D eigenvalue weighted by Crippen LogP contribution is 2.42. The minimum atomic E-state index is -5.56. The van der Waals surface area contributed by atoms with Crippen LogP contribution in [0.5, 0.6) is 0 Å². The van der Waals surface area contributed by atoms with Crippen LogP contribution in [0.4, 0.5) is 30.7 Å². The van der Waals surface area contributed by atoms with E-state index < -0.39 is 40.8 Å². The molecule has 0 heterocycles. The molecule has 0 unspecified atom stereocenters. The van der Waals surface area contributed by atoms with Crippen LogP contribution >= 0.6 is 0 Å². The predicted octanol–water partition coefficient (Wildman–Crippen LogP) is 3.65. The number of hydrogen-bond acceptors (Lipinski definition) is 2. The number of benzene rings is 1. The molecule has 2 nitrogen and oxygen atoms in total. The molecule has 1 aromatic rings. The van der Waals surface area contributed by atoms with Crippen molar-refractivity contribution in [3.8, 4) is 0 Å². The second-order valence-corrected chi connectivity index (χ2v) is 3.33. The number of alkyl halides is 6. The summed E-state index contributed by atoms with van der Waals surface area (Å²) in [6.45, 7) is 0. The zero-order chi connectivity index (χ0) is 15.0. The molecule has 0 aliphatic heterocycles. The topological polar surface area (TPSA) is 26.3 Å². The highest BCUT2D eigenvalue weighted by Gasteiger charge is 2.47. The van der Waals surface area contributed by atoms with Crippen molar-refractivity contribution in [1.29, 1.82) is 0 Å². The normalized spacial score (nSPS) is 12.4. The summed E-state index contributed by atoms with van der Waals surface area (Å²) in [4.78, 5) is 11.1. The zero-order valence-electron chi connectivity index (χ0n) is 9.12. The van der Waals surface area contributed by atoms with E-state index in [1.54, 1.807) is 0 Å². The molecule has 0 spiro atoms. The Morgan fingerprint density at radius 3 is 1.95 bits per heavy atom. The lowest BCUT2D eigenvalue weighted by Crippen LogP contribution is -2.22. The Morgan fingerprint density at radius 1 is 1.05 bits per heavy atom. The third kappa shape index (κ3) is 2.96. The first-order valence-electron chi connectivity index (χ1n) is 4.55. The first-order chi connectivity index (χ1) is 8.50. The first kappa shape index (κ1) is 15.3. The lowest BCUT2D eigenvalue weighted by Gasteiger charge is -2.18. The average Bonchev–Trinajstić information content (AvgIpc) is 2.24. The zero-order valence-corrected chi connectivity index (χ0v) is 9.12. The molecule has 0 radical (unpaired) electrons. The van der Waals surface area contributed by atoms with E-state index >= 15 is 0 Å². The van der Waals surface area contributed by atoms with Gasteiger partial charge in [0.2, 0.25) is 0 Å². The Bertz CT molecular complexity index is 502. The SMILES string of the molecule is COC(=O)c1c(F)ccc(C(F)(F)F)c1C(F)(F)F. The van der Waals surface area contributed by atoms with Crippen molar-refractivity contribution in [3.05, 3.63) is 34.6 Å². The molecule has 0 bridgehead atoms. The van der Waals surface area contributed by atoms with Crippen LogP contribution in [0.2, 0.25) is 0 Å². The van der Waals surface area contributed by atoms with Crippen molar-refractivity contribution >= 4 is 5.97 Å². The van der Waals surface area contributed by atoms with Crippen LogP contribution in [0.15, 0.2) is 12.1 Å². The summed E-state index contributed by atoms with van der Waals surface area (Å²) in [5, 5.41) is 0. The van der Waals surface area contributed by atoms with E-state index in [1.807, 2.05) is 0 Å². The number of hydrogen-bond donors (Lipinski definition) is 0. The molecule has 0 fully saturated rings. The van der Waals surface area contributed by atoms with Crippen LogP contribution in [-0.4, -0.2) is 13.1 Å². The fourth-order valence-electron chi connectivity index (χ4n) is 1.41. The number of methoxy groups -OCH3 is 1. The molecular weight excluding hydrogens is 285 g/mol. The predicted molar refractivity (Wildman–Crippen MR) is 47.7 cm³/mol. The van der Waals surface area contributed by atoms with E-state index in [-0.39, 0.29) is 12.1 Å². The fourth-order valence-corrected chi connectivity index (χ4v) is 1.41. The van der Waals surface area contributed by atoms with E-state index in [9.17, 15) is 35.5 Å². The second kappa shape index (κ2) is 4.71. The van der Waals surface area contributed by atoms with Crippen LogP contribution in [0.3, 0.4) is 0 Å². The summed E-state index contributed by atoms with van der Waals surface area (Å²) in [6.07, 6.45) is -10.9. The van der Waals surface area contributed by atoms with Crippen molar-refractivity contribution in [2.45, 2.75) is 12.4 Å². The maximum absolute atomic E-state index is 13.2. The van der Waals surface area contributed by atoms with Gasteiger partial charge in [-0.05, 0) is 12.1 Å². The van der Waals surface area contributed by atoms with Crippen molar-refractivity contribution < 1.29 is 40.3 Å². The Hall–Kier alpha value is -1.80. The Kier molecular flexibility index (Phi) is 3.78. The van der Waals surface area contributed by atoms with E-state index in [1.165, 1.54) is 0 Å². The van der Waals surface area contributed by atoms with E-state index in [0.717, 1.165) is 0 Å². The van der Waals surface area contributed by atoms with Gasteiger partial charge in [0.15, 0.2) is 0 Å². The van der Waals surface area contributed by atoms with Crippen molar-refractivity contribution in [3.63, 3.8) is 0 Å². The number of carbonyl (C=O) groups excluding carboxylic acids is 1. The number of ether oxygens (including phenoxy) is 1. The van der Waals surface area contributed by atoms with Crippen molar-refractivity contribution in [2.24, 2.45) is 0 Å². The minimum absolute atomic E-state index is 0.0788. The minimum Gasteiger partial charge on any atom is -0.465 e. The van der Waals surface area contributed by atoms with Gasteiger partial charge in [-0.3, -0.25) is 0 Å². The summed E-state index contributed by atoms with van der Waals surface area (Å²) >= 11 is 0. The first-order valence-corrected chi connectivity index (χ1v) is 4.55. The van der Waals surface area contributed by atoms with Gasteiger partial charge in [0.25, 0.3) is 0 Å². The Labute approximate surface area is 101 Å². The third-order valence-corrected chi connectivity index (χ3v) is 2.13. The molecule has 9 heteroatoms. The summed E-state index contributed by atoms with van der Waals surface area (Å²) in [5.41, 5.74) is -6.33. The molecule has 0 aliphatic carbocycles. The second-order valence-electron chi connectivity index (χ2n) is 3.33. The lowest BCUT2D eigenvalue weighted by molar-refractivity contribution is -0.162. The number of carbonyl (C=O) groups is 1. The highest BCUT2D eigenvalue weighted by molar-refractivity contribution is 5.92. The van der Waals surface area contributed by atoms with Crippen molar-refractivity contribution in [1.82, 2.24) is 0 Å². The van der Waals surface area contributed by atoms with Gasteiger partial charge in [-0.2, -0.15) is 26.3 Å².